The van der Waals surface area contributed by atoms with Crippen molar-refractivity contribution in [3.63, 3.8) is 0 Å². The van der Waals surface area contributed by atoms with Crippen molar-refractivity contribution in [2.24, 2.45) is 0 Å². The molecule has 10 N–H and O–H groups in total. The number of pyridine rings is 4. The van der Waals surface area contributed by atoms with Crippen molar-refractivity contribution in [2.45, 2.75) is 97.2 Å². The number of hydrogen-bond donors (Lipinski definition) is 10. The Labute approximate surface area is 747 Å². The van der Waals surface area contributed by atoms with E-state index in [-0.39, 0.29) is 46.8 Å². The van der Waals surface area contributed by atoms with Crippen LogP contribution >= 0.6 is 34.8 Å². The maximum Gasteiger partial charge on any atom is 0.418 e. The van der Waals surface area contributed by atoms with Crippen molar-refractivity contribution in [3.05, 3.63) is 262 Å². The summed E-state index contributed by atoms with van der Waals surface area (Å²) in [7, 11) is 1.58. The fourth-order valence-corrected chi connectivity index (χ4v) is 16.3. The molecule has 4 amide bonds. The van der Waals surface area contributed by atoms with Gasteiger partial charge in [-0.2, -0.15) is 13.2 Å². The zero-order valence-corrected chi connectivity index (χ0v) is 72.2. The Morgan fingerprint density at radius 3 is 1.30 bits per heavy atom. The molecule has 29 nitrogen and oxygen atoms in total. The van der Waals surface area contributed by atoms with Crippen molar-refractivity contribution < 1.29 is 32.3 Å². The van der Waals surface area contributed by atoms with Gasteiger partial charge in [0.1, 0.15) is 17.1 Å². The molecule has 4 aromatic carbocycles. The number of aryl methyl sites for hydroxylation is 3. The molecule has 0 aliphatic carbocycles. The maximum absolute atomic E-state index is 13.4. The Morgan fingerprint density at radius 1 is 0.445 bits per heavy atom. The standard InChI is InChI=1S/C30H32ClN7O2.C22H20ClN7O.C22H21ClN6O.C19H14F3N5/c1-2-4-19-6-10-32-25(15-19)24-7-11-33-30(36-24)34-21-16-20-17-26(35-28(20)23(31)18-21)29(40)37-13-8-22(9-14-37)38-12-3-5-27(38)39;23-16-13-15(27-22-25-9-6-18(29-22)17-5-1-2-7-24-17)11-14-12-19(28-20(14)16)21(31)30-10-4-3-8-26-30;1-3-4-13-5-7-25-18(9-13)17-6-8-26-22(29-17)27-15-10-14-11-19(21(30)24-2)28-20(14)16(23)12-15;1-11-8-12-9-13(10-14(17(12)25-11)19(20,21)22)26-18-24-7-5-16(27-18)15-4-2-3-6-23-15/h6-7,10-11,15-18,22,35H,2-5,8-9,12-14H2,1H3,(H,33,34,36);1-2,5-7,9,11-13,26,28H,3-4,8,10H2,(H,25,27,29);5-12,28H,3-4H2,1-2H3,(H,24,30)(H,26,27,29);2-10,25H,1H3,(H,24,26,27). The van der Waals surface area contributed by atoms with E-state index in [0.717, 1.165) is 144 Å². The van der Waals surface area contributed by atoms with Gasteiger partial charge in [-0.15, -0.1) is 0 Å². The number of H-pyrrole nitrogens is 4. The summed E-state index contributed by atoms with van der Waals surface area (Å²) in [5.41, 5.74) is 17.3. The number of anilines is 8. The van der Waals surface area contributed by atoms with Crippen molar-refractivity contribution in [2.75, 3.05) is 61.0 Å². The van der Waals surface area contributed by atoms with Crippen LogP contribution in [-0.2, 0) is 23.8 Å². The monoisotopic (exact) mass is 1780 g/mol. The van der Waals surface area contributed by atoms with Gasteiger partial charge in [0, 0.05) is 152 Å². The Bertz CT molecular complexity index is 6720. The van der Waals surface area contributed by atoms with Gasteiger partial charge in [0.15, 0.2) is 0 Å². The third-order valence-electron chi connectivity index (χ3n) is 21.6. The Balaban J connectivity index is 0.000000127. The van der Waals surface area contributed by atoms with Crippen LogP contribution in [0.2, 0.25) is 15.1 Å². The third-order valence-corrected chi connectivity index (χ3v) is 22.4. The smallest absolute Gasteiger partial charge is 0.358 e. The van der Waals surface area contributed by atoms with Gasteiger partial charge >= 0.3 is 6.18 Å². The zero-order chi connectivity index (χ0) is 89.0. The summed E-state index contributed by atoms with van der Waals surface area (Å²) in [5.74, 6) is 1.39. The molecule has 0 spiro atoms. The average Bonchev–Trinajstić information content (AvgIpc) is 1.61. The van der Waals surface area contributed by atoms with Crippen LogP contribution in [0.3, 0.4) is 0 Å². The number of amides is 4. The minimum absolute atomic E-state index is 0.0539. The van der Waals surface area contributed by atoms with Crippen molar-refractivity contribution in [1.82, 2.24) is 105 Å². The first-order valence-corrected chi connectivity index (χ1v) is 42.9. The summed E-state index contributed by atoms with van der Waals surface area (Å²) in [6, 6.07) is 47.5. The minimum atomic E-state index is -4.48. The van der Waals surface area contributed by atoms with Gasteiger partial charge in [0.05, 0.1) is 88.2 Å². The zero-order valence-electron chi connectivity index (χ0n) is 69.9. The molecule has 3 aliphatic heterocycles. The molecule has 0 bridgehead atoms. The molecule has 15 heterocycles. The number of rotatable bonds is 20. The highest BCUT2D eigenvalue weighted by Gasteiger charge is 2.35. The van der Waals surface area contributed by atoms with Crippen LogP contribution in [0.25, 0.3) is 89.2 Å². The lowest BCUT2D eigenvalue weighted by atomic mass is 10.0. The molecule has 0 radical (unpaired) electrons. The number of fused-ring (bicyclic) bond motifs is 4. The molecule has 0 saturated carbocycles. The number of hydrogen-bond acceptors (Lipinski definition) is 21. The number of alkyl halides is 3. The number of carbonyl (C=O) groups is 4. The lowest BCUT2D eigenvalue weighted by molar-refractivity contribution is -0.136. The van der Waals surface area contributed by atoms with Gasteiger partial charge in [-0.25, -0.2) is 45.3 Å². The molecule has 128 heavy (non-hydrogen) atoms. The normalized spacial score (nSPS) is 13.5. The molecule has 3 aliphatic rings. The van der Waals surface area contributed by atoms with Crippen LogP contribution in [0.1, 0.15) is 119 Å². The highest BCUT2D eigenvalue weighted by Crippen LogP contribution is 2.40. The fourth-order valence-electron chi connectivity index (χ4n) is 15.5. The number of likely N-dealkylation sites (tertiary alicyclic amines) is 2. The quantitative estimate of drug-likeness (QED) is 0.0339. The molecule has 19 rings (SSSR count). The van der Waals surface area contributed by atoms with Gasteiger partial charge < -0.3 is 56.3 Å². The van der Waals surface area contributed by atoms with Crippen molar-refractivity contribution in [1.29, 1.82) is 0 Å². The molecule has 0 atom stereocenters. The molecule has 35 heteroatoms. The van der Waals surface area contributed by atoms with Crippen LogP contribution < -0.4 is 32.0 Å². The number of piperidine rings is 1. The van der Waals surface area contributed by atoms with Crippen molar-refractivity contribution >= 4 is 149 Å². The number of benzene rings is 4. The number of nitrogens with zero attached hydrogens (tertiary/aromatic N) is 15. The number of carbonyl (C=O) groups excluding carboxylic acids is 4. The van der Waals surface area contributed by atoms with Crippen LogP contribution in [0, 0.1) is 6.92 Å². The van der Waals surface area contributed by atoms with E-state index in [0.29, 0.717) is 115 Å². The van der Waals surface area contributed by atoms with Crippen LogP contribution in [0.4, 0.5) is 59.7 Å². The lowest BCUT2D eigenvalue weighted by Gasteiger charge is -2.36. The van der Waals surface area contributed by atoms with Crippen molar-refractivity contribution in [3.8, 4) is 45.6 Å². The second-order valence-corrected chi connectivity index (χ2v) is 31.9. The number of halogens is 6. The van der Waals surface area contributed by atoms with E-state index in [4.69, 9.17) is 34.8 Å². The fraction of sp³-hybridized carbons (Fsp3) is 0.226. The van der Waals surface area contributed by atoms with E-state index in [9.17, 15) is 32.3 Å². The predicted octanol–water partition coefficient (Wildman–Crippen LogP) is 19.6. The topological polar surface area (TPSA) is 368 Å². The predicted molar refractivity (Wildman–Crippen MR) is 492 cm³/mol. The minimum Gasteiger partial charge on any atom is -0.358 e. The third kappa shape index (κ3) is 20.9. The summed E-state index contributed by atoms with van der Waals surface area (Å²) < 4.78 is 40.3. The summed E-state index contributed by atoms with van der Waals surface area (Å²) >= 11 is 19.5. The summed E-state index contributed by atoms with van der Waals surface area (Å²) in [6.07, 6.45) is 18.5. The van der Waals surface area contributed by atoms with Crippen LogP contribution in [0.5, 0.6) is 0 Å². The first-order valence-electron chi connectivity index (χ1n) is 41.8. The van der Waals surface area contributed by atoms with Crippen LogP contribution in [-0.4, -0.2) is 164 Å². The Kier molecular flexibility index (Phi) is 26.9. The molecule has 3 saturated heterocycles. The number of nitrogens with one attached hydrogen (secondary N) is 10. The van der Waals surface area contributed by atoms with Gasteiger partial charge in [-0.3, -0.25) is 44.1 Å². The maximum atomic E-state index is 13.4. The molecule has 16 aromatic rings. The van der Waals surface area contributed by atoms with E-state index in [2.05, 4.69) is 138 Å². The number of aromatic amines is 4. The molecule has 0 unspecified atom stereocenters. The van der Waals surface area contributed by atoms with E-state index in [1.54, 1.807) is 111 Å². The van der Waals surface area contributed by atoms with Crippen LogP contribution in [0.15, 0.2) is 207 Å². The molecule has 650 valence electrons. The van der Waals surface area contributed by atoms with Gasteiger partial charge in [-0.1, -0.05) is 73.6 Å². The summed E-state index contributed by atoms with van der Waals surface area (Å²) in [6.45, 7) is 9.62. The Hall–Kier alpha value is -14.3. The van der Waals surface area contributed by atoms with Gasteiger partial charge in [0.25, 0.3) is 17.7 Å². The highest BCUT2D eigenvalue weighted by atomic mass is 35.5. The SMILES string of the molecule is CCCc1ccnc(-c2ccnc(Nc3cc(Cl)c4[nH]c(C(=O)N5CCC(N6CCCC6=O)CC5)cc4c3)n2)c1.CCCc1ccnc(-c2ccnc(Nc3cc(Cl)c4[nH]c(C(=O)NC)cc4c3)n2)c1.Cc1cc2cc(Nc3nccc(-c4ccccn4)n3)cc(C(F)(F)F)c2[nH]1.O=C(c1cc2cc(Nc3nccc(-c4ccccn4)n3)cc(Cl)c2[nH]1)N1CCCCN1. The largest absolute Gasteiger partial charge is 0.418 e. The summed E-state index contributed by atoms with van der Waals surface area (Å²) in [5, 5.41) is 21.2. The molecular weight excluding hydrogens is 1690 g/mol. The van der Waals surface area contributed by atoms with Gasteiger partial charge in [0.2, 0.25) is 29.7 Å². The molecule has 12 aromatic heterocycles. The molecular formula is C93H87Cl3F3N25O4. The van der Waals surface area contributed by atoms with E-state index < -0.39 is 11.7 Å². The average molecular weight is 1780 g/mol. The first-order chi connectivity index (χ1) is 62.1. The number of aromatic nitrogens is 16. The number of hydrazine groups is 1. The summed E-state index contributed by atoms with van der Waals surface area (Å²) in [4.78, 5) is 119. The second-order valence-electron chi connectivity index (χ2n) is 30.7. The highest BCUT2D eigenvalue weighted by molar-refractivity contribution is 6.37. The van der Waals surface area contributed by atoms with Gasteiger partial charge in [-0.05, 0) is 209 Å². The lowest BCUT2D eigenvalue weighted by Crippen LogP contribution is -2.47. The van der Waals surface area contributed by atoms with E-state index in [1.165, 1.54) is 17.3 Å². The van der Waals surface area contributed by atoms with E-state index >= 15 is 0 Å². The second kappa shape index (κ2) is 39.5. The Morgan fingerprint density at radius 2 is 0.875 bits per heavy atom. The molecule has 3 fully saturated rings. The first kappa shape index (κ1) is 87.1. The van der Waals surface area contributed by atoms with E-state index in [1.807, 2.05) is 101 Å².